The van der Waals surface area contributed by atoms with Crippen LogP contribution in [0, 0.1) is 6.92 Å². The fraction of sp³-hybridized carbons (Fsp3) is 0.824. The molecule has 25 heavy (non-hydrogen) atoms. The summed E-state index contributed by atoms with van der Waals surface area (Å²) in [7, 11) is 3.86. The number of aromatic nitrogens is 3. The van der Waals surface area contributed by atoms with Crippen LogP contribution in [0.2, 0.25) is 0 Å². The van der Waals surface area contributed by atoms with E-state index in [2.05, 4.69) is 30.3 Å². The third kappa shape index (κ3) is 5.06. The van der Waals surface area contributed by atoms with E-state index >= 15 is 0 Å². The summed E-state index contributed by atoms with van der Waals surface area (Å²) in [6.45, 7) is 7.02. The zero-order chi connectivity index (χ0) is 16.9. The highest BCUT2D eigenvalue weighted by Crippen LogP contribution is 2.23. The van der Waals surface area contributed by atoms with E-state index < -0.39 is 0 Å². The van der Waals surface area contributed by atoms with Gasteiger partial charge in [-0.2, -0.15) is 0 Å². The van der Waals surface area contributed by atoms with Crippen LogP contribution in [0.25, 0.3) is 0 Å². The van der Waals surface area contributed by atoms with Gasteiger partial charge < -0.3 is 14.8 Å². The molecule has 1 saturated heterocycles. The smallest absolute Gasteiger partial charge is 0.194 e. The molecule has 0 atom stereocenters. The number of nitrogens with one attached hydrogen (secondary N) is 1. The van der Waals surface area contributed by atoms with Crippen molar-refractivity contribution in [3.05, 3.63) is 11.6 Å². The summed E-state index contributed by atoms with van der Waals surface area (Å²) < 4.78 is 2.02. The number of piperazine rings is 1. The highest BCUT2D eigenvalue weighted by Gasteiger charge is 2.26. The second kappa shape index (κ2) is 9.70. The van der Waals surface area contributed by atoms with Crippen molar-refractivity contribution < 1.29 is 0 Å². The molecule has 1 aliphatic heterocycles. The van der Waals surface area contributed by atoms with Gasteiger partial charge in [-0.05, 0) is 19.8 Å². The number of hydrogen-bond donors (Lipinski definition) is 1. The number of rotatable bonds is 3. The predicted octanol–water partition coefficient (Wildman–Crippen LogP) is 1.77. The molecule has 0 unspecified atom stereocenters. The fourth-order valence-corrected chi connectivity index (χ4v) is 3.84. The second-order valence-corrected chi connectivity index (χ2v) is 6.94. The van der Waals surface area contributed by atoms with Crippen molar-refractivity contribution in [1.29, 1.82) is 0 Å². The molecule has 0 radical (unpaired) electrons. The van der Waals surface area contributed by atoms with Crippen molar-refractivity contribution in [2.75, 3.05) is 33.2 Å². The Hall–Kier alpha value is -0.900. The van der Waals surface area contributed by atoms with E-state index in [1.54, 1.807) is 0 Å². The minimum absolute atomic E-state index is 0. The molecule has 1 aromatic heterocycles. The number of aliphatic imine (C=N–C) groups is 1. The molecule has 1 aromatic rings. The molecule has 0 aromatic carbocycles. The van der Waals surface area contributed by atoms with Gasteiger partial charge in [-0.3, -0.25) is 9.89 Å². The van der Waals surface area contributed by atoms with Gasteiger partial charge in [0, 0.05) is 46.3 Å². The monoisotopic (exact) mass is 461 g/mol. The summed E-state index contributed by atoms with van der Waals surface area (Å²) in [5.41, 5.74) is 0. The minimum atomic E-state index is 0. The summed E-state index contributed by atoms with van der Waals surface area (Å²) in [4.78, 5) is 9.51. The molecule has 0 amide bonds. The van der Waals surface area contributed by atoms with Crippen molar-refractivity contribution >= 4 is 29.9 Å². The molecular formula is C17H32IN7. The van der Waals surface area contributed by atoms with E-state index in [-0.39, 0.29) is 24.0 Å². The third-order valence-corrected chi connectivity index (χ3v) is 5.50. The van der Waals surface area contributed by atoms with Crippen molar-refractivity contribution in [2.45, 2.75) is 51.6 Å². The Morgan fingerprint density at radius 2 is 1.80 bits per heavy atom. The number of guanidine groups is 1. The molecule has 8 heteroatoms. The topological polar surface area (TPSA) is 61.6 Å². The van der Waals surface area contributed by atoms with Crippen molar-refractivity contribution in [1.82, 2.24) is 29.9 Å². The van der Waals surface area contributed by atoms with Gasteiger partial charge in [-0.25, -0.2) is 0 Å². The first-order valence-electron chi connectivity index (χ1n) is 9.23. The normalized spacial score (nSPS) is 20.4. The summed E-state index contributed by atoms with van der Waals surface area (Å²) in [6, 6.07) is 0.817. The van der Waals surface area contributed by atoms with Gasteiger partial charge in [-0.1, -0.05) is 19.3 Å². The van der Waals surface area contributed by atoms with Crippen LogP contribution < -0.4 is 5.32 Å². The zero-order valence-corrected chi connectivity index (χ0v) is 18.1. The standard InChI is InChI=1S/C17H31N7.HI/c1-14-20-21-16(22(14)3)13-19-17(18-2)24-11-9-23(10-12-24)15-7-5-4-6-8-15;/h15H,4-13H2,1-3H3,(H,18,19);1H. The van der Waals surface area contributed by atoms with Gasteiger partial charge in [-0.15, -0.1) is 34.2 Å². The highest BCUT2D eigenvalue weighted by atomic mass is 127. The van der Waals surface area contributed by atoms with E-state index in [9.17, 15) is 0 Å². The minimum Gasteiger partial charge on any atom is -0.349 e. The van der Waals surface area contributed by atoms with E-state index in [0.29, 0.717) is 6.54 Å². The van der Waals surface area contributed by atoms with Crippen LogP contribution in [0.15, 0.2) is 4.99 Å². The lowest BCUT2D eigenvalue weighted by Gasteiger charge is -2.41. The van der Waals surface area contributed by atoms with Crippen molar-refractivity contribution in [2.24, 2.45) is 12.0 Å². The van der Waals surface area contributed by atoms with Gasteiger partial charge in [0.05, 0.1) is 6.54 Å². The van der Waals surface area contributed by atoms with Crippen LogP contribution in [0.4, 0.5) is 0 Å². The highest BCUT2D eigenvalue weighted by molar-refractivity contribution is 14.0. The Labute approximate surface area is 168 Å². The van der Waals surface area contributed by atoms with Gasteiger partial charge in [0.2, 0.25) is 0 Å². The zero-order valence-electron chi connectivity index (χ0n) is 15.7. The van der Waals surface area contributed by atoms with Crippen LogP contribution in [0.3, 0.4) is 0 Å². The van der Waals surface area contributed by atoms with E-state index in [0.717, 1.165) is 49.8 Å². The average molecular weight is 461 g/mol. The van der Waals surface area contributed by atoms with Gasteiger partial charge >= 0.3 is 0 Å². The quantitative estimate of drug-likeness (QED) is 0.423. The first-order valence-corrected chi connectivity index (χ1v) is 9.23. The van der Waals surface area contributed by atoms with Crippen molar-refractivity contribution in [3.63, 3.8) is 0 Å². The lowest BCUT2D eigenvalue weighted by atomic mass is 9.94. The number of halogens is 1. The molecule has 0 bridgehead atoms. The maximum absolute atomic E-state index is 4.46. The van der Waals surface area contributed by atoms with E-state index in [1.165, 1.54) is 32.1 Å². The van der Waals surface area contributed by atoms with Gasteiger partial charge in [0.25, 0.3) is 0 Å². The molecule has 2 heterocycles. The lowest BCUT2D eigenvalue weighted by molar-refractivity contribution is 0.106. The Kier molecular flexibility index (Phi) is 7.92. The molecular weight excluding hydrogens is 429 g/mol. The summed E-state index contributed by atoms with van der Waals surface area (Å²) in [6.07, 6.45) is 7.02. The Balaban J connectivity index is 0.00000225. The molecule has 1 saturated carbocycles. The molecule has 2 aliphatic rings. The maximum atomic E-state index is 4.46. The van der Waals surface area contributed by atoms with Crippen LogP contribution in [0.1, 0.15) is 43.8 Å². The van der Waals surface area contributed by atoms with Crippen LogP contribution >= 0.6 is 24.0 Å². The predicted molar refractivity (Wildman–Crippen MR) is 111 cm³/mol. The van der Waals surface area contributed by atoms with Crippen LogP contribution in [0.5, 0.6) is 0 Å². The summed E-state index contributed by atoms with van der Waals surface area (Å²) in [5, 5.41) is 11.8. The number of nitrogens with zero attached hydrogens (tertiary/aromatic N) is 6. The second-order valence-electron chi connectivity index (χ2n) is 6.94. The Morgan fingerprint density at radius 3 is 2.36 bits per heavy atom. The average Bonchev–Trinajstić information content (AvgIpc) is 2.96. The molecule has 0 spiro atoms. The fourth-order valence-electron chi connectivity index (χ4n) is 3.84. The third-order valence-electron chi connectivity index (χ3n) is 5.50. The molecule has 142 valence electrons. The van der Waals surface area contributed by atoms with Gasteiger partial charge in [0.1, 0.15) is 5.82 Å². The first kappa shape index (κ1) is 20.4. The first-order chi connectivity index (χ1) is 11.7. The Bertz CT molecular complexity index is 557. The van der Waals surface area contributed by atoms with Gasteiger partial charge in [0.15, 0.2) is 11.8 Å². The lowest BCUT2D eigenvalue weighted by Crippen LogP contribution is -2.54. The number of hydrogen-bond acceptors (Lipinski definition) is 4. The maximum Gasteiger partial charge on any atom is 0.194 e. The largest absolute Gasteiger partial charge is 0.349 e. The SMILES string of the molecule is CN=C(NCc1nnc(C)n1C)N1CCN(C2CCCCC2)CC1.I. The summed E-state index contributed by atoms with van der Waals surface area (Å²) in [5.74, 6) is 2.84. The molecule has 2 fully saturated rings. The Morgan fingerprint density at radius 1 is 1.12 bits per heavy atom. The summed E-state index contributed by atoms with van der Waals surface area (Å²) >= 11 is 0. The molecule has 1 N–H and O–H groups in total. The molecule has 7 nitrogen and oxygen atoms in total. The molecule has 3 rings (SSSR count). The van der Waals surface area contributed by atoms with E-state index in [4.69, 9.17) is 0 Å². The van der Waals surface area contributed by atoms with E-state index in [1.807, 2.05) is 25.6 Å². The van der Waals surface area contributed by atoms with Crippen LogP contribution in [-0.2, 0) is 13.6 Å². The van der Waals surface area contributed by atoms with Crippen molar-refractivity contribution in [3.8, 4) is 0 Å². The molecule has 1 aliphatic carbocycles. The number of aryl methyl sites for hydroxylation is 1. The van der Waals surface area contributed by atoms with Crippen LogP contribution in [-0.4, -0.2) is 69.8 Å².